The zero-order valence-corrected chi connectivity index (χ0v) is 28.7. The summed E-state index contributed by atoms with van der Waals surface area (Å²) in [4.78, 5) is 55.4. The maximum atomic E-state index is 14.2. The molecule has 1 saturated heterocycles. The number of nitrogens with one attached hydrogen (secondary N) is 1. The molecule has 5 heterocycles. The van der Waals surface area contributed by atoms with Crippen molar-refractivity contribution in [2.24, 2.45) is 0 Å². The fourth-order valence-corrected chi connectivity index (χ4v) is 6.53. The number of hydrogen-bond acceptors (Lipinski definition) is 9. The number of amides is 2. The first-order chi connectivity index (χ1) is 24.3. The van der Waals surface area contributed by atoms with Crippen LogP contribution in [0.3, 0.4) is 0 Å². The molecule has 2 aliphatic heterocycles. The van der Waals surface area contributed by atoms with Crippen LogP contribution in [0.4, 0.5) is 18.9 Å². The Labute approximate surface area is 294 Å². The van der Waals surface area contributed by atoms with Gasteiger partial charge in [-0.15, -0.1) is 5.10 Å². The number of fused-ring (bicyclic) bond motifs is 1. The van der Waals surface area contributed by atoms with Gasteiger partial charge in [-0.3, -0.25) is 14.4 Å². The molecule has 0 aliphatic carbocycles. The minimum Gasteiger partial charge on any atom is -0.504 e. The summed E-state index contributed by atoms with van der Waals surface area (Å²) < 4.78 is 47.7. The molecule has 1 unspecified atom stereocenters. The second kappa shape index (κ2) is 14.3. The van der Waals surface area contributed by atoms with Crippen LogP contribution in [0.15, 0.2) is 41.0 Å². The van der Waals surface area contributed by atoms with Crippen LogP contribution in [0, 0.1) is 6.92 Å². The van der Waals surface area contributed by atoms with Gasteiger partial charge in [0.2, 0.25) is 11.7 Å². The highest BCUT2D eigenvalue weighted by atomic mass is 35.5. The molecule has 17 heteroatoms. The van der Waals surface area contributed by atoms with E-state index in [2.05, 4.69) is 25.4 Å². The van der Waals surface area contributed by atoms with Gasteiger partial charge >= 0.3 is 6.18 Å². The van der Waals surface area contributed by atoms with Gasteiger partial charge < -0.3 is 24.6 Å². The zero-order chi connectivity index (χ0) is 36.6. The zero-order valence-electron chi connectivity index (χ0n) is 27.9. The summed E-state index contributed by atoms with van der Waals surface area (Å²) in [6, 6.07) is 2.38. The van der Waals surface area contributed by atoms with E-state index in [0.717, 1.165) is 33.9 Å². The van der Waals surface area contributed by atoms with E-state index in [9.17, 15) is 32.7 Å². The number of carbonyl (C=O) groups excluding carboxylic acids is 2. The van der Waals surface area contributed by atoms with Crippen molar-refractivity contribution in [1.82, 2.24) is 34.0 Å². The largest absolute Gasteiger partial charge is 0.504 e. The van der Waals surface area contributed by atoms with E-state index in [-0.39, 0.29) is 64.7 Å². The Morgan fingerprint density at radius 2 is 2.00 bits per heavy atom. The normalized spacial score (nSPS) is 17.3. The molecule has 0 bridgehead atoms. The van der Waals surface area contributed by atoms with E-state index >= 15 is 0 Å². The summed E-state index contributed by atoms with van der Waals surface area (Å²) in [6.45, 7) is 5.88. The van der Waals surface area contributed by atoms with Crippen LogP contribution in [0.25, 0.3) is 17.4 Å². The lowest BCUT2D eigenvalue weighted by Crippen LogP contribution is -2.35. The predicted molar refractivity (Wildman–Crippen MR) is 181 cm³/mol. The highest BCUT2D eigenvalue weighted by molar-refractivity contribution is 6.33. The SMILES string of the molecule is CCc1c(C=C2CC(CC)N(C(=O)c3ncnc(C)c3O)C2)c(=O)n2nc(C3=CCOCC3)nc2n1CC(=O)Nc1ccc(C(F)(F)F)cc1Cl. The lowest BCUT2D eigenvalue weighted by molar-refractivity contribution is -0.137. The lowest BCUT2D eigenvalue weighted by atomic mass is 10.0. The fraction of sp³-hybridized carbons (Fsp3) is 0.382. The van der Waals surface area contributed by atoms with Gasteiger partial charge in [0, 0.05) is 18.3 Å². The van der Waals surface area contributed by atoms with Crippen molar-refractivity contribution in [2.45, 2.75) is 65.2 Å². The fourth-order valence-electron chi connectivity index (χ4n) is 6.30. The van der Waals surface area contributed by atoms with Gasteiger partial charge in [-0.1, -0.05) is 31.5 Å². The van der Waals surface area contributed by atoms with Crippen molar-refractivity contribution >= 4 is 46.5 Å². The van der Waals surface area contributed by atoms with E-state index in [1.165, 1.54) is 6.33 Å². The molecule has 2 aliphatic rings. The van der Waals surface area contributed by atoms with E-state index in [1.54, 1.807) is 22.5 Å². The number of nitrogens with zero attached hydrogens (tertiary/aromatic N) is 7. The van der Waals surface area contributed by atoms with Gasteiger partial charge in [-0.05, 0) is 68.0 Å². The van der Waals surface area contributed by atoms with Crippen LogP contribution >= 0.6 is 11.6 Å². The molecule has 0 radical (unpaired) electrons. The Hall–Kier alpha value is -5.09. The highest BCUT2D eigenvalue weighted by Crippen LogP contribution is 2.34. The van der Waals surface area contributed by atoms with Crippen molar-refractivity contribution < 1.29 is 32.6 Å². The Morgan fingerprint density at radius 1 is 1.22 bits per heavy atom. The molecule has 13 nitrogen and oxygen atoms in total. The molecule has 1 fully saturated rings. The topological polar surface area (TPSA) is 157 Å². The van der Waals surface area contributed by atoms with Crippen molar-refractivity contribution in [3.05, 3.63) is 85.6 Å². The summed E-state index contributed by atoms with van der Waals surface area (Å²) in [6.07, 6.45) is 1.96. The number of benzene rings is 1. The van der Waals surface area contributed by atoms with Crippen LogP contribution < -0.4 is 10.9 Å². The third-order valence-corrected chi connectivity index (χ3v) is 9.26. The summed E-state index contributed by atoms with van der Waals surface area (Å²) >= 11 is 6.12. The molecule has 3 aromatic heterocycles. The van der Waals surface area contributed by atoms with Crippen molar-refractivity contribution in [1.29, 1.82) is 0 Å². The Kier molecular flexibility index (Phi) is 9.99. The molecule has 4 aromatic rings. The first kappa shape index (κ1) is 35.7. The maximum Gasteiger partial charge on any atom is 0.416 e. The van der Waals surface area contributed by atoms with Crippen molar-refractivity contribution in [2.75, 3.05) is 25.1 Å². The second-order valence-corrected chi connectivity index (χ2v) is 12.6. The Bertz CT molecular complexity index is 2160. The minimum absolute atomic E-state index is 0.0205. The number of aromatic nitrogens is 6. The Morgan fingerprint density at radius 3 is 2.67 bits per heavy atom. The molecule has 1 aromatic carbocycles. The number of rotatable bonds is 8. The molecule has 51 heavy (non-hydrogen) atoms. The van der Waals surface area contributed by atoms with E-state index in [0.29, 0.717) is 44.0 Å². The number of hydrogen-bond donors (Lipinski definition) is 2. The van der Waals surface area contributed by atoms with Crippen LogP contribution in [0.2, 0.25) is 5.02 Å². The number of ether oxygens (including phenoxy) is 1. The van der Waals surface area contributed by atoms with Gasteiger partial charge in [0.1, 0.15) is 12.9 Å². The Balaban J connectivity index is 1.41. The summed E-state index contributed by atoms with van der Waals surface area (Å²) in [5.41, 5.74) is 0.915. The molecule has 2 N–H and O–H groups in total. The monoisotopic (exact) mass is 726 g/mol. The third-order valence-electron chi connectivity index (χ3n) is 8.95. The lowest BCUT2D eigenvalue weighted by Gasteiger charge is -2.23. The van der Waals surface area contributed by atoms with Gasteiger partial charge in [0.25, 0.3) is 11.5 Å². The minimum atomic E-state index is -4.61. The molecule has 1 atom stereocenters. The number of aromatic hydroxyl groups is 1. The molecular formula is C34H34ClF3N8O5. The highest BCUT2D eigenvalue weighted by Gasteiger charge is 2.34. The number of likely N-dealkylation sites (tertiary alicyclic amines) is 1. The van der Waals surface area contributed by atoms with Crippen molar-refractivity contribution in [3.8, 4) is 5.75 Å². The van der Waals surface area contributed by atoms with Gasteiger partial charge in [0.15, 0.2) is 17.3 Å². The smallest absolute Gasteiger partial charge is 0.416 e. The molecule has 6 rings (SSSR count). The summed E-state index contributed by atoms with van der Waals surface area (Å²) in [5.74, 6) is -1.01. The average Bonchev–Trinajstić information content (AvgIpc) is 3.74. The molecular weight excluding hydrogens is 693 g/mol. The van der Waals surface area contributed by atoms with E-state index < -0.39 is 29.1 Å². The van der Waals surface area contributed by atoms with Gasteiger partial charge in [-0.2, -0.15) is 22.7 Å². The van der Waals surface area contributed by atoms with Crippen molar-refractivity contribution in [3.63, 3.8) is 0 Å². The summed E-state index contributed by atoms with van der Waals surface area (Å²) in [7, 11) is 0. The van der Waals surface area contributed by atoms with Crippen LogP contribution in [-0.2, 0) is 28.7 Å². The molecule has 0 saturated carbocycles. The van der Waals surface area contributed by atoms with Gasteiger partial charge in [0.05, 0.1) is 40.7 Å². The van der Waals surface area contributed by atoms with Crippen LogP contribution in [-0.4, -0.2) is 76.8 Å². The van der Waals surface area contributed by atoms with Crippen LogP contribution in [0.5, 0.6) is 5.75 Å². The number of aryl methyl sites for hydroxylation is 1. The molecule has 268 valence electrons. The van der Waals surface area contributed by atoms with E-state index in [4.69, 9.17) is 16.3 Å². The number of carbonyl (C=O) groups is 2. The first-order valence-corrected chi connectivity index (χ1v) is 16.7. The van der Waals surface area contributed by atoms with E-state index in [1.807, 2.05) is 19.9 Å². The molecule has 0 spiro atoms. The van der Waals surface area contributed by atoms with Gasteiger partial charge in [-0.25, -0.2) is 9.97 Å². The average molecular weight is 727 g/mol. The number of alkyl halides is 3. The number of halogens is 4. The standard InChI is InChI=1S/C34H34ClF3N8O5/c1-4-22-12-19(15-44(22)32(50)28-29(48)18(3)39-17-40-28)13-23-26(5-2)45(16-27(47)41-25-7-6-21(14-24(25)35)34(36,37)38)33-42-30(43-46(33)31(23)49)20-8-10-51-11-9-20/h6-8,13-14,17,22,48H,4-5,9-12,15-16H2,1-3H3,(H,41,47). The first-order valence-electron chi connectivity index (χ1n) is 16.3. The quantitative estimate of drug-likeness (QED) is 0.253. The predicted octanol–water partition coefficient (Wildman–Crippen LogP) is 5.08. The summed E-state index contributed by atoms with van der Waals surface area (Å²) in [5, 5.41) is 17.3. The number of anilines is 1. The maximum absolute atomic E-state index is 14.2. The second-order valence-electron chi connectivity index (χ2n) is 12.2. The molecule has 2 amide bonds. The van der Waals surface area contributed by atoms with Crippen LogP contribution in [0.1, 0.15) is 71.9 Å². The third kappa shape index (κ3) is 7.10.